The lowest BCUT2D eigenvalue weighted by molar-refractivity contribution is 0.0953. The number of nitrogens with zero attached hydrogens (tertiary/aromatic N) is 1. The minimum atomic E-state index is -0.259. The van der Waals surface area contributed by atoms with Gasteiger partial charge in [0.15, 0.2) is 0 Å². The number of furan rings is 1. The summed E-state index contributed by atoms with van der Waals surface area (Å²) in [5.41, 5.74) is 6.00. The summed E-state index contributed by atoms with van der Waals surface area (Å²) in [5.74, 6) is 1.06. The van der Waals surface area contributed by atoms with Crippen molar-refractivity contribution in [2.24, 2.45) is 5.10 Å². The number of carbonyl (C=O) groups excluding carboxylic acids is 1. The zero-order valence-electron chi connectivity index (χ0n) is 12.2. The van der Waals surface area contributed by atoms with Crippen LogP contribution in [0, 0.1) is 20.8 Å². The summed E-state index contributed by atoms with van der Waals surface area (Å²) in [6.45, 7) is 7.46. The molecule has 20 heavy (non-hydrogen) atoms. The maximum atomic E-state index is 12.0. The van der Waals surface area contributed by atoms with Gasteiger partial charge in [0, 0.05) is 0 Å². The molecule has 1 amide bonds. The highest BCUT2D eigenvalue weighted by Crippen LogP contribution is 2.13. The summed E-state index contributed by atoms with van der Waals surface area (Å²) in [6.07, 6.45) is 0. The number of aryl methyl sites for hydroxylation is 3. The first kappa shape index (κ1) is 14.1. The maximum Gasteiger partial charge on any atom is 0.274 e. The van der Waals surface area contributed by atoms with Crippen LogP contribution >= 0.6 is 0 Å². The van der Waals surface area contributed by atoms with Crippen LogP contribution in [0.4, 0.5) is 0 Å². The Balaban J connectivity index is 2.10. The van der Waals surface area contributed by atoms with E-state index in [1.54, 1.807) is 13.0 Å². The number of benzene rings is 1. The van der Waals surface area contributed by atoms with Crippen LogP contribution in [0.15, 0.2) is 39.9 Å². The van der Waals surface area contributed by atoms with E-state index >= 15 is 0 Å². The monoisotopic (exact) mass is 270 g/mol. The third kappa shape index (κ3) is 3.15. The van der Waals surface area contributed by atoms with Gasteiger partial charge in [-0.15, -0.1) is 0 Å². The van der Waals surface area contributed by atoms with Crippen LogP contribution in [0.25, 0.3) is 0 Å². The molecule has 0 fully saturated rings. The zero-order valence-corrected chi connectivity index (χ0v) is 12.2. The van der Waals surface area contributed by atoms with Crippen LogP contribution in [0.2, 0.25) is 0 Å². The zero-order chi connectivity index (χ0) is 14.7. The molecule has 2 rings (SSSR count). The van der Waals surface area contributed by atoms with Crippen LogP contribution in [-0.2, 0) is 0 Å². The van der Waals surface area contributed by atoms with Gasteiger partial charge < -0.3 is 4.42 Å². The minimum Gasteiger partial charge on any atom is -0.466 e. The van der Waals surface area contributed by atoms with Crippen LogP contribution < -0.4 is 5.43 Å². The second-order valence-corrected chi connectivity index (χ2v) is 4.83. The second kappa shape index (κ2) is 5.74. The highest BCUT2D eigenvalue weighted by molar-refractivity contribution is 6.01. The van der Waals surface area contributed by atoms with Crippen molar-refractivity contribution in [3.05, 3.63) is 58.5 Å². The van der Waals surface area contributed by atoms with Gasteiger partial charge in [0.1, 0.15) is 11.5 Å². The number of carbonyl (C=O) groups is 1. The van der Waals surface area contributed by atoms with Crippen molar-refractivity contribution in [2.75, 3.05) is 0 Å². The molecule has 0 saturated carbocycles. The summed E-state index contributed by atoms with van der Waals surface area (Å²) in [4.78, 5) is 12.0. The molecule has 1 aromatic heterocycles. The molecular formula is C16H18N2O2. The Morgan fingerprint density at radius 2 is 1.80 bits per heavy atom. The van der Waals surface area contributed by atoms with E-state index in [2.05, 4.69) is 10.5 Å². The number of nitrogens with one attached hydrogen (secondary N) is 1. The average Bonchev–Trinajstić information content (AvgIpc) is 2.75. The van der Waals surface area contributed by atoms with E-state index in [-0.39, 0.29) is 5.91 Å². The molecule has 0 saturated heterocycles. The van der Waals surface area contributed by atoms with Crippen molar-refractivity contribution in [2.45, 2.75) is 27.7 Å². The summed E-state index contributed by atoms with van der Waals surface area (Å²) in [6, 6.07) is 9.70. The predicted octanol–water partition coefficient (Wildman–Crippen LogP) is 3.36. The van der Waals surface area contributed by atoms with E-state index in [0.29, 0.717) is 17.1 Å². The van der Waals surface area contributed by atoms with E-state index in [4.69, 9.17) is 4.42 Å². The van der Waals surface area contributed by atoms with Crippen LogP contribution in [0.3, 0.4) is 0 Å². The lowest BCUT2D eigenvalue weighted by Crippen LogP contribution is -2.19. The molecule has 104 valence electrons. The Kier molecular flexibility index (Phi) is 4.03. The summed E-state index contributed by atoms with van der Waals surface area (Å²) >= 11 is 0. The SMILES string of the molecule is C/C(=N/NC(=O)c1cc(C)oc1C)c1ccc(C)cc1. The fourth-order valence-corrected chi connectivity index (χ4v) is 1.91. The van der Waals surface area contributed by atoms with Crippen molar-refractivity contribution in [1.82, 2.24) is 5.43 Å². The Morgan fingerprint density at radius 1 is 1.15 bits per heavy atom. The number of rotatable bonds is 3. The lowest BCUT2D eigenvalue weighted by atomic mass is 10.1. The van der Waals surface area contributed by atoms with Crippen LogP contribution in [-0.4, -0.2) is 11.6 Å². The summed E-state index contributed by atoms with van der Waals surface area (Å²) in [7, 11) is 0. The molecule has 0 bridgehead atoms. The van der Waals surface area contributed by atoms with Gasteiger partial charge in [-0.1, -0.05) is 29.8 Å². The Labute approximate surface area is 118 Å². The van der Waals surface area contributed by atoms with Crippen molar-refractivity contribution in [3.8, 4) is 0 Å². The highest BCUT2D eigenvalue weighted by atomic mass is 16.3. The lowest BCUT2D eigenvalue weighted by Gasteiger charge is -2.03. The molecule has 1 aromatic carbocycles. The van der Waals surface area contributed by atoms with Crippen LogP contribution in [0.5, 0.6) is 0 Å². The van der Waals surface area contributed by atoms with Gasteiger partial charge in [-0.3, -0.25) is 4.79 Å². The molecule has 0 aliphatic heterocycles. The molecule has 0 aliphatic rings. The van der Waals surface area contributed by atoms with Gasteiger partial charge >= 0.3 is 0 Å². The Hall–Kier alpha value is -2.36. The maximum absolute atomic E-state index is 12.0. The standard InChI is InChI=1S/C16H18N2O2/c1-10-5-7-14(8-6-10)12(3)17-18-16(19)15-9-11(2)20-13(15)4/h5-9H,1-4H3,(H,18,19)/b17-12-. The molecule has 1 heterocycles. The van der Waals surface area contributed by atoms with E-state index in [9.17, 15) is 4.79 Å². The molecule has 0 atom stereocenters. The molecular weight excluding hydrogens is 252 g/mol. The van der Waals surface area contributed by atoms with E-state index in [1.165, 1.54) is 5.56 Å². The van der Waals surface area contributed by atoms with Gasteiger partial charge in [-0.05, 0) is 39.3 Å². The number of hydrogen-bond acceptors (Lipinski definition) is 3. The third-order valence-electron chi connectivity index (χ3n) is 3.08. The fourth-order valence-electron chi connectivity index (χ4n) is 1.91. The van der Waals surface area contributed by atoms with Crippen molar-refractivity contribution >= 4 is 11.6 Å². The average molecular weight is 270 g/mol. The fraction of sp³-hybridized carbons (Fsp3) is 0.250. The van der Waals surface area contributed by atoms with Gasteiger partial charge in [0.2, 0.25) is 0 Å². The molecule has 0 spiro atoms. The summed E-state index contributed by atoms with van der Waals surface area (Å²) in [5, 5.41) is 4.13. The van der Waals surface area contributed by atoms with Gasteiger partial charge in [-0.25, -0.2) is 5.43 Å². The third-order valence-corrected chi connectivity index (χ3v) is 3.08. The molecule has 0 unspecified atom stereocenters. The normalized spacial score (nSPS) is 11.5. The summed E-state index contributed by atoms with van der Waals surface area (Å²) < 4.78 is 5.33. The second-order valence-electron chi connectivity index (χ2n) is 4.83. The highest BCUT2D eigenvalue weighted by Gasteiger charge is 2.12. The van der Waals surface area contributed by atoms with Crippen molar-refractivity contribution < 1.29 is 9.21 Å². The molecule has 4 nitrogen and oxygen atoms in total. The van der Waals surface area contributed by atoms with Gasteiger partial charge in [-0.2, -0.15) is 5.10 Å². The minimum absolute atomic E-state index is 0.259. The number of hydrazone groups is 1. The Bertz CT molecular complexity index is 652. The van der Waals surface area contributed by atoms with E-state index in [0.717, 1.165) is 11.3 Å². The van der Waals surface area contributed by atoms with Crippen molar-refractivity contribution in [1.29, 1.82) is 0 Å². The van der Waals surface area contributed by atoms with Gasteiger partial charge in [0.25, 0.3) is 5.91 Å². The quantitative estimate of drug-likeness (QED) is 0.686. The molecule has 1 N–H and O–H groups in total. The smallest absolute Gasteiger partial charge is 0.274 e. The largest absolute Gasteiger partial charge is 0.466 e. The van der Waals surface area contributed by atoms with E-state index in [1.807, 2.05) is 45.0 Å². The first-order chi connectivity index (χ1) is 9.47. The Morgan fingerprint density at radius 3 is 2.35 bits per heavy atom. The topological polar surface area (TPSA) is 54.6 Å². The predicted molar refractivity (Wildman–Crippen MR) is 79.0 cm³/mol. The first-order valence-corrected chi connectivity index (χ1v) is 6.46. The van der Waals surface area contributed by atoms with E-state index < -0.39 is 0 Å². The van der Waals surface area contributed by atoms with Crippen molar-refractivity contribution in [3.63, 3.8) is 0 Å². The molecule has 0 radical (unpaired) electrons. The van der Waals surface area contributed by atoms with Gasteiger partial charge in [0.05, 0.1) is 11.3 Å². The molecule has 2 aromatic rings. The molecule has 0 aliphatic carbocycles. The van der Waals surface area contributed by atoms with Crippen LogP contribution in [0.1, 0.15) is 39.9 Å². The number of amides is 1. The number of hydrogen-bond donors (Lipinski definition) is 1. The molecule has 4 heteroatoms. The first-order valence-electron chi connectivity index (χ1n) is 6.46.